The van der Waals surface area contributed by atoms with Crippen molar-refractivity contribution in [1.82, 2.24) is 4.90 Å². The van der Waals surface area contributed by atoms with Crippen LogP contribution < -0.4 is 9.47 Å². The summed E-state index contributed by atoms with van der Waals surface area (Å²) in [7, 11) is 1.60. The topological polar surface area (TPSA) is 38.8 Å². The lowest BCUT2D eigenvalue weighted by Crippen LogP contribution is -2.30. The van der Waals surface area contributed by atoms with E-state index in [1.54, 1.807) is 24.5 Å². The molecule has 0 radical (unpaired) electrons. The molecule has 0 bridgehead atoms. The summed E-state index contributed by atoms with van der Waals surface area (Å²) in [5.41, 5.74) is 0.617. The molecule has 0 atom stereocenters. The van der Waals surface area contributed by atoms with Gasteiger partial charge in [-0.3, -0.25) is 4.79 Å². The zero-order chi connectivity index (χ0) is 18.2. The number of thiophene rings is 1. The molecule has 0 aliphatic carbocycles. The zero-order valence-electron chi connectivity index (χ0n) is 15.5. The fraction of sp³-hybridized carbons (Fsp3) is 0.450. The fourth-order valence-electron chi connectivity index (χ4n) is 2.42. The van der Waals surface area contributed by atoms with E-state index in [2.05, 4.69) is 13.8 Å². The van der Waals surface area contributed by atoms with Crippen LogP contribution in [0, 0.1) is 5.92 Å². The first-order chi connectivity index (χ1) is 12.0. The fourth-order valence-corrected chi connectivity index (χ4v) is 3.14. The van der Waals surface area contributed by atoms with Crippen LogP contribution in [-0.2, 0) is 6.54 Å². The van der Waals surface area contributed by atoms with E-state index in [1.165, 1.54) is 4.88 Å². The Balaban J connectivity index is 2.10. The lowest BCUT2D eigenvalue weighted by atomic mass is 10.1. The molecule has 2 rings (SSSR count). The summed E-state index contributed by atoms with van der Waals surface area (Å²) in [6.07, 6.45) is 0.980. The molecule has 2 aromatic rings. The van der Waals surface area contributed by atoms with E-state index in [1.807, 2.05) is 41.5 Å². The number of amides is 1. The molecule has 1 aromatic carbocycles. The summed E-state index contributed by atoms with van der Waals surface area (Å²) in [5, 5.41) is 2.03. The lowest BCUT2D eigenvalue weighted by Gasteiger charge is -2.21. The van der Waals surface area contributed by atoms with E-state index in [0.717, 1.165) is 6.42 Å². The quantitative estimate of drug-likeness (QED) is 0.641. The first-order valence-electron chi connectivity index (χ1n) is 8.67. The number of hydrogen-bond donors (Lipinski definition) is 0. The third kappa shape index (κ3) is 5.49. The first-order valence-corrected chi connectivity index (χ1v) is 9.55. The van der Waals surface area contributed by atoms with Crippen molar-refractivity contribution in [3.63, 3.8) is 0 Å². The van der Waals surface area contributed by atoms with Gasteiger partial charge in [-0.05, 0) is 48.9 Å². The van der Waals surface area contributed by atoms with Gasteiger partial charge in [-0.1, -0.05) is 19.9 Å². The number of rotatable bonds is 9. The second-order valence-electron chi connectivity index (χ2n) is 6.30. The zero-order valence-corrected chi connectivity index (χ0v) is 16.3. The molecule has 1 aromatic heterocycles. The number of carbonyl (C=O) groups is 1. The Hall–Kier alpha value is -2.01. The second kappa shape index (κ2) is 9.47. The molecular formula is C20H27NO3S. The van der Waals surface area contributed by atoms with Crippen LogP contribution in [0.4, 0.5) is 0 Å². The van der Waals surface area contributed by atoms with Crippen LogP contribution in [0.15, 0.2) is 35.7 Å². The summed E-state index contributed by atoms with van der Waals surface area (Å²) in [5.74, 6) is 1.87. The maximum Gasteiger partial charge on any atom is 0.254 e. The minimum absolute atomic E-state index is 0.00271. The lowest BCUT2D eigenvalue weighted by molar-refractivity contribution is 0.0753. The third-order valence-corrected chi connectivity index (χ3v) is 4.82. The van der Waals surface area contributed by atoms with Crippen molar-refractivity contribution < 1.29 is 14.3 Å². The largest absolute Gasteiger partial charge is 0.493 e. The molecule has 0 saturated carbocycles. The molecule has 0 aliphatic heterocycles. The summed E-state index contributed by atoms with van der Waals surface area (Å²) >= 11 is 1.66. The first kappa shape index (κ1) is 19.3. The van der Waals surface area contributed by atoms with Crippen molar-refractivity contribution >= 4 is 17.2 Å². The van der Waals surface area contributed by atoms with Crippen LogP contribution in [0.1, 0.15) is 42.4 Å². The summed E-state index contributed by atoms with van der Waals surface area (Å²) in [4.78, 5) is 15.8. The van der Waals surface area contributed by atoms with Gasteiger partial charge in [-0.25, -0.2) is 0 Å². The molecule has 1 amide bonds. The highest BCUT2D eigenvalue weighted by molar-refractivity contribution is 7.09. The van der Waals surface area contributed by atoms with Crippen LogP contribution in [0.2, 0.25) is 0 Å². The summed E-state index contributed by atoms with van der Waals surface area (Å²) in [6.45, 7) is 8.24. The molecule has 0 N–H and O–H groups in total. The Kier molecular flexibility index (Phi) is 7.31. The van der Waals surface area contributed by atoms with E-state index < -0.39 is 0 Å². The van der Waals surface area contributed by atoms with Crippen LogP contribution in [-0.4, -0.2) is 31.1 Å². The Morgan fingerprint density at radius 2 is 2.04 bits per heavy atom. The second-order valence-corrected chi connectivity index (χ2v) is 7.33. The highest BCUT2D eigenvalue weighted by Gasteiger charge is 2.17. The van der Waals surface area contributed by atoms with E-state index in [-0.39, 0.29) is 5.91 Å². The van der Waals surface area contributed by atoms with Gasteiger partial charge in [-0.2, -0.15) is 0 Å². The van der Waals surface area contributed by atoms with Crippen LogP contribution in [0.5, 0.6) is 11.5 Å². The van der Waals surface area contributed by atoms with Crippen molar-refractivity contribution in [1.29, 1.82) is 0 Å². The van der Waals surface area contributed by atoms with Gasteiger partial charge in [0.2, 0.25) is 0 Å². The highest BCUT2D eigenvalue weighted by Crippen LogP contribution is 2.29. The molecule has 5 heteroatoms. The third-order valence-electron chi connectivity index (χ3n) is 3.96. The number of ether oxygens (including phenoxy) is 2. The molecule has 0 unspecified atom stereocenters. The Morgan fingerprint density at radius 3 is 2.64 bits per heavy atom. The van der Waals surface area contributed by atoms with Gasteiger partial charge in [-0.15, -0.1) is 11.3 Å². The number of methoxy groups -OCH3 is 1. The monoisotopic (exact) mass is 361 g/mol. The van der Waals surface area contributed by atoms with E-state index in [9.17, 15) is 4.79 Å². The van der Waals surface area contributed by atoms with E-state index in [4.69, 9.17) is 9.47 Å². The molecule has 0 spiro atoms. The minimum Gasteiger partial charge on any atom is -0.493 e. The van der Waals surface area contributed by atoms with Gasteiger partial charge in [0.1, 0.15) is 0 Å². The summed E-state index contributed by atoms with van der Waals surface area (Å²) < 4.78 is 11.2. The standard InChI is InChI=1S/C20H27NO3S/c1-5-21(14-17-7-6-12-25-17)20(22)16-8-9-18(19(13-16)23-4)24-11-10-15(2)3/h6-9,12-13,15H,5,10-11,14H2,1-4H3. The number of benzene rings is 1. The SMILES string of the molecule is CCN(Cc1cccs1)C(=O)c1ccc(OCCC(C)C)c(OC)c1. The smallest absolute Gasteiger partial charge is 0.254 e. The normalized spacial score (nSPS) is 10.8. The van der Waals surface area contributed by atoms with Crippen molar-refractivity contribution in [2.45, 2.75) is 33.7 Å². The minimum atomic E-state index is 0.00271. The maximum atomic E-state index is 12.8. The Labute approximate surface area is 154 Å². The van der Waals surface area contributed by atoms with Gasteiger partial charge < -0.3 is 14.4 Å². The highest BCUT2D eigenvalue weighted by atomic mass is 32.1. The van der Waals surface area contributed by atoms with Crippen molar-refractivity contribution in [2.75, 3.05) is 20.3 Å². The average molecular weight is 362 g/mol. The number of carbonyl (C=O) groups excluding carboxylic acids is 1. The number of hydrogen-bond acceptors (Lipinski definition) is 4. The molecule has 1 heterocycles. The molecule has 4 nitrogen and oxygen atoms in total. The predicted molar refractivity (Wildman–Crippen MR) is 103 cm³/mol. The van der Waals surface area contributed by atoms with Crippen molar-refractivity contribution in [3.05, 3.63) is 46.2 Å². The van der Waals surface area contributed by atoms with Crippen molar-refractivity contribution in [3.8, 4) is 11.5 Å². The number of nitrogens with zero attached hydrogens (tertiary/aromatic N) is 1. The molecular weight excluding hydrogens is 334 g/mol. The van der Waals surface area contributed by atoms with Gasteiger partial charge >= 0.3 is 0 Å². The Morgan fingerprint density at radius 1 is 1.24 bits per heavy atom. The van der Waals surface area contributed by atoms with Gasteiger partial charge in [0.25, 0.3) is 5.91 Å². The molecule has 0 saturated heterocycles. The van der Waals surface area contributed by atoms with E-state index >= 15 is 0 Å². The van der Waals surface area contributed by atoms with Crippen LogP contribution in [0.25, 0.3) is 0 Å². The van der Waals surface area contributed by atoms with Crippen molar-refractivity contribution in [2.24, 2.45) is 5.92 Å². The van der Waals surface area contributed by atoms with Gasteiger partial charge in [0.15, 0.2) is 11.5 Å². The summed E-state index contributed by atoms with van der Waals surface area (Å²) in [6, 6.07) is 9.46. The van der Waals surface area contributed by atoms with Gasteiger partial charge in [0.05, 0.1) is 20.3 Å². The predicted octanol–water partition coefficient (Wildman–Crippen LogP) is 4.84. The molecule has 0 fully saturated rings. The van der Waals surface area contributed by atoms with Gasteiger partial charge in [0, 0.05) is 17.0 Å². The maximum absolute atomic E-state index is 12.8. The average Bonchev–Trinajstić information content (AvgIpc) is 3.12. The molecule has 25 heavy (non-hydrogen) atoms. The molecule has 0 aliphatic rings. The van der Waals surface area contributed by atoms with Crippen LogP contribution >= 0.6 is 11.3 Å². The van der Waals surface area contributed by atoms with Crippen LogP contribution in [0.3, 0.4) is 0 Å². The van der Waals surface area contributed by atoms with E-state index in [0.29, 0.717) is 42.7 Å². The molecule has 136 valence electrons. The Bertz CT molecular complexity index is 668.